The van der Waals surface area contributed by atoms with Crippen LogP contribution < -0.4 is 4.74 Å². The fourth-order valence-corrected chi connectivity index (χ4v) is 2.31. The van der Waals surface area contributed by atoms with Gasteiger partial charge >= 0.3 is 5.97 Å². The van der Waals surface area contributed by atoms with Crippen LogP contribution in [0.3, 0.4) is 0 Å². The van der Waals surface area contributed by atoms with Crippen LogP contribution in [0, 0.1) is 6.92 Å². The molecule has 1 N–H and O–H groups in total. The fourth-order valence-electron chi connectivity index (χ4n) is 2.31. The summed E-state index contributed by atoms with van der Waals surface area (Å²) < 4.78 is 5.71. The molecule has 0 radical (unpaired) electrons. The van der Waals surface area contributed by atoms with Crippen LogP contribution in [0.5, 0.6) is 5.75 Å². The molecule has 0 unspecified atom stereocenters. The predicted molar refractivity (Wildman–Crippen MR) is 86.2 cm³/mol. The zero-order valence-corrected chi connectivity index (χ0v) is 13.4. The number of hydrogen-bond acceptors (Lipinski definition) is 2. The molecule has 3 nitrogen and oxygen atoms in total. The summed E-state index contributed by atoms with van der Waals surface area (Å²) >= 11 is 0. The van der Waals surface area contributed by atoms with Crippen LogP contribution in [-0.2, 0) is 0 Å². The Morgan fingerprint density at radius 3 is 2.29 bits per heavy atom. The number of benzene rings is 1. The predicted octanol–water partition coefficient (Wildman–Crippen LogP) is 5.21. The van der Waals surface area contributed by atoms with Crippen LogP contribution in [-0.4, -0.2) is 17.7 Å². The van der Waals surface area contributed by atoms with Gasteiger partial charge in [-0.15, -0.1) is 0 Å². The van der Waals surface area contributed by atoms with Crippen LogP contribution in [0.2, 0.25) is 0 Å². The second kappa shape index (κ2) is 10.3. The minimum absolute atomic E-state index is 0.284. The lowest BCUT2D eigenvalue weighted by Gasteiger charge is -2.10. The normalized spacial score (nSPS) is 10.6. The number of aromatic carboxylic acids is 1. The van der Waals surface area contributed by atoms with Gasteiger partial charge in [-0.2, -0.15) is 0 Å². The van der Waals surface area contributed by atoms with E-state index in [1.807, 2.05) is 6.92 Å². The monoisotopic (exact) mass is 292 g/mol. The molecular weight excluding hydrogens is 264 g/mol. The quantitative estimate of drug-likeness (QED) is 0.569. The van der Waals surface area contributed by atoms with E-state index >= 15 is 0 Å². The summed E-state index contributed by atoms with van der Waals surface area (Å²) in [6.45, 7) is 4.84. The summed E-state index contributed by atoms with van der Waals surface area (Å²) in [4.78, 5) is 10.9. The maximum atomic E-state index is 10.9. The van der Waals surface area contributed by atoms with Crippen molar-refractivity contribution < 1.29 is 14.6 Å². The van der Waals surface area contributed by atoms with Gasteiger partial charge in [0.05, 0.1) is 12.2 Å². The molecule has 0 spiro atoms. The van der Waals surface area contributed by atoms with Crippen molar-refractivity contribution in [2.45, 2.75) is 65.2 Å². The number of ether oxygens (including phenoxy) is 1. The van der Waals surface area contributed by atoms with Gasteiger partial charge in [0.2, 0.25) is 0 Å². The van der Waals surface area contributed by atoms with E-state index in [9.17, 15) is 4.79 Å². The Morgan fingerprint density at radius 1 is 1.05 bits per heavy atom. The van der Waals surface area contributed by atoms with Crippen molar-refractivity contribution in [1.29, 1.82) is 0 Å². The molecule has 0 aliphatic heterocycles. The Bertz CT molecular complexity index is 426. The lowest BCUT2D eigenvalue weighted by molar-refractivity contribution is 0.0696. The largest absolute Gasteiger partial charge is 0.493 e. The number of rotatable bonds is 11. The highest BCUT2D eigenvalue weighted by Crippen LogP contribution is 2.20. The van der Waals surface area contributed by atoms with E-state index in [4.69, 9.17) is 9.84 Å². The number of hydrogen-bond donors (Lipinski definition) is 1. The number of aryl methyl sites for hydroxylation is 1. The van der Waals surface area contributed by atoms with Crippen molar-refractivity contribution in [2.75, 3.05) is 6.61 Å². The highest BCUT2D eigenvalue weighted by Gasteiger charge is 2.06. The molecule has 21 heavy (non-hydrogen) atoms. The minimum atomic E-state index is -0.910. The van der Waals surface area contributed by atoms with Crippen LogP contribution in [0.15, 0.2) is 18.2 Å². The van der Waals surface area contributed by atoms with Gasteiger partial charge < -0.3 is 9.84 Å². The summed E-state index contributed by atoms with van der Waals surface area (Å²) in [6.07, 6.45) is 10.1. The molecule has 1 aromatic carbocycles. The van der Waals surface area contributed by atoms with E-state index in [0.717, 1.165) is 12.0 Å². The van der Waals surface area contributed by atoms with Crippen LogP contribution in [0.1, 0.15) is 74.2 Å². The zero-order chi connectivity index (χ0) is 15.5. The molecule has 0 aliphatic rings. The average molecular weight is 292 g/mol. The average Bonchev–Trinajstić information content (AvgIpc) is 2.47. The number of carboxylic acid groups (broad SMARTS) is 1. The zero-order valence-electron chi connectivity index (χ0n) is 13.4. The molecule has 0 saturated heterocycles. The van der Waals surface area contributed by atoms with Crippen molar-refractivity contribution in [2.24, 2.45) is 0 Å². The molecule has 1 aromatic rings. The summed E-state index contributed by atoms with van der Waals surface area (Å²) in [5, 5.41) is 8.97. The number of unbranched alkanes of at least 4 members (excludes halogenated alkanes) is 7. The molecule has 0 atom stereocenters. The standard InChI is InChI=1S/C18H28O3/c1-3-4-5-6-7-8-9-10-13-21-17-14-16(18(19)20)12-11-15(17)2/h11-12,14H,3-10,13H2,1-2H3,(H,19,20). The van der Waals surface area contributed by atoms with E-state index in [0.29, 0.717) is 12.4 Å². The van der Waals surface area contributed by atoms with Gasteiger partial charge in [0.25, 0.3) is 0 Å². The topological polar surface area (TPSA) is 46.5 Å². The third-order valence-corrected chi connectivity index (χ3v) is 3.69. The van der Waals surface area contributed by atoms with Gasteiger partial charge in [0, 0.05) is 0 Å². The molecule has 0 saturated carbocycles. The first-order valence-electron chi connectivity index (χ1n) is 8.12. The van der Waals surface area contributed by atoms with E-state index in [2.05, 4.69) is 6.92 Å². The second-order valence-electron chi connectivity index (χ2n) is 5.61. The summed E-state index contributed by atoms with van der Waals surface area (Å²) in [5.74, 6) is -0.218. The van der Waals surface area contributed by atoms with E-state index < -0.39 is 5.97 Å². The number of carbonyl (C=O) groups is 1. The van der Waals surface area contributed by atoms with Crippen molar-refractivity contribution >= 4 is 5.97 Å². The molecule has 3 heteroatoms. The van der Waals surface area contributed by atoms with E-state index in [1.54, 1.807) is 18.2 Å². The third-order valence-electron chi connectivity index (χ3n) is 3.69. The van der Waals surface area contributed by atoms with Gasteiger partial charge in [-0.3, -0.25) is 0 Å². The first kappa shape index (κ1) is 17.5. The van der Waals surface area contributed by atoms with Gasteiger partial charge in [0.1, 0.15) is 5.75 Å². The molecular formula is C18H28O3. The molecule has 0 heterocycles. The Labute approximate surface area is 128 Å². The van der Waals surface area contributed by atoms with Gasteiger partial charge in [-0.25, -0.2) is 4.79 Å². The minimum Gasteiger partial charge on any atom is -0.493 e. The van der Waals surface area contributed by atoms with Gasteiger partial charge in [0.15, 0.2) is 0 Å². The second-order valence-corrected chi connectivity index (χ2v) is 5.61. The van der Waals surface area contributed by atoms with Crippen LogP contribution in [0.4, 0.5) is 0 Å². The Morgan fingerprint density at radius 2 is 1.67 bits per heavy atom. The summed E-state index contributed by atoms with van der Waals surface area (Å²) in [5.41, 5.74) is 1.27. The highest BCUT2D eigenvalue weighted by atomic mass is 16.5. The maximum Gasteiger partial charge on any atom is 0.335 e. The molecule has 0 aromatic heterocycles. The Hall–Kier alpha value is -1.51. The first-order chi connectivity index (χ1) is 10.1. The third kappa shape index (κ3) is 7.16. The first-order valence-corrected chi connectivity index (χ1v) is 8.12. The molecule has 118 valence electrons. The van der Waals surface area contributed by atoms with Gasteiger partial charge in [-0.1, -0.05) is 57.9 Å². The fraction of sp³-hybridized carbons (Fsp3) is 0.611. The Balaban J connectivity index is 2.18. The van der Waals surface area contributed by atoms with Crippen molar-refractivity contribution in [1.82, 2.24) is 0 Å². The highest BCUT2D eigenvalue weighted by molar-refractivity contribution is 5.88. The smallest absolute Gasteiger partial charge is 0.335 e. The molecule has 1 rings (SSSR count). The number of carboxylic acids is 1. The van der Waals surface area contributed by atoms with Crippen LogP contribution >= 0.6 is 0 Å². The van der Waals surface area contributed by atoms with Gasteiger partial charge in [-0.05, 0) is 31.0 Å². The SMILES string of the molecule is CCCCCCCCCCOc1cc(C(=O)O)ccc1C. The van der Waals surface area contributed by atoms with E-state index in [-0.39, 0.29) is 5.56 Å². The van der Waals surface area contributed by atoms with Crippen LogP contribution in [0.25, 0.3) is 0 Å². The molecule has 0 bridgehead atoms. The lowest BCUT2D eigenvalue weighted by atomic mass is 10.1. The Kier molecular flexibility index (Phi) is 8.56. The molecule has 0 aliphatic carbocycles. The van der Waals surface area contributed by atoms with Crippen molar-refractivity contribution in [3.63, 3.8) is 0 Å². The van der Waals surface area contributed by atoms with Crippen molar-refractivity contribution in [3.05, 3.63) is 29.3 Å². The summed E-state index contributed by atoms with van der Waals surface area (Å²) in [7, 11) is 0. The summed E-state index contributed by atoms with van der Waals surface area (Å²) in [6, 6.07) is 5.02. The van der Waals surface area contributed by atoms with E-state index in [1.165, 1.54) is 44.9 Å². The molecule has 0 fully saturated rings. The lowest BCUT2D eigenvalue weighted by Crippen LogP contribution is -2.02. The maximum absolute atomic E-state index is 10.9. The molecule has 0 amide bonds. The van der Waals surface area contributed by atoms with Crippen molar-refractivity contribution in [3.8, 4) is 5.75 Å².